The van der Waals surface area contributed by atoms with Gasteiger partial charge in [0.1, 0.15) is 0 Å². The Bertz CT molecular complexity index is 480. The third kappa shape index (κ3) is 2.38. The molecule has 1 aromatic rings. The molecule has 2 unspecified atom stereocenters. The fourth-order valence-electron chi connectivity index (χ4n) is 3.37. The van der Waals surface area contributed by atoms with Crippen molar-refractivity contribution in [2.24, 2.45) is 5.92 Å². The first-order valence-electron chi connectivity index (χ1n) is 7.47. The highest BCUT2D eigenvalue weighted by Crippen LogP contribution is 2.43. The van der Waals surface area contributed by atoms with E-state index in [-0.39, 0.29) is 23.7 Å². The molecule has 0 amide bonds. The topological polar surface area (TPSA) is 58.9 Å². The maximum Gasteiger partial charge on any atom is 0.161 e. The van der Waals surface area contributed by atoms with Crippen molar-refractivity contribution in [2.75, 3.05) is 13.2 Å². The Labute approximate surface area is 119 Å². The Morgan fingerprint density at radius 3 is 2.65 bits per heavy atom. The minimum absolute atomic E-state index is 0.0121. The lowest BCUT2D eigenvalue weighted by molar-refractivity contribution is -0.0818. The number of ether oxygens (including phenoxy) is 2. The van der Waals surface area contributed by atoms with E-state index in [4.69, 9.17) is 9.47 Å². The zero-order valence-corrected chi connectivity index (χ0v) is 11.8. The molecule has 2 N–H and O–H groups in total. The van der Waals surface area contributed by atoms with Crippen LogP contribution < -0.4 is 0 Å². The molecule has 0 aromatic heterocycles. The molecule has 2 atom stereocenters. The summed E-state index contributed by atoms with van der Waals surface area (Å²) in [4.78, 5) is 0. The van der Waals surface area contributed by atoms with E-state index in [0.717, 1.165) is 43.6 Å². The molecule has 20 heavy (non-hydrogen) atoms. The zero-order chi connectivity index (χ0) is 14.1. The highest BCUT2D eigenvalue weighted by Gasteiger charge is 2.34. The monoisotopic (exact) mass is 278 g/mol. The molecule has 1 aromatic carbocycles. The molecule has 0 spiro atoms. The summed E-state index contributed by atoms with van der Waals surface area (Å²) >= 11 is 0. The van der Waals surface area contributed by atoms with E-state index in [0.29, 0.717) is 12.3 Å². The molecule has 0 aliphatic carbocycles. The molecule has 2 aliphatic rings. The van der Waals surface area contributed by atoms with Crippen LogP contribution in [0.5, 0.6) is 11.5 Å². The molecule has 0 saturated carbocycles. The predicted molar refractivity (Wildman–Crippen MR) is 74.9 cm³/mol. The van der Waals surface area contributed by atoms with Crippen molar-refractivity contribution < 1.29 is 19.7 Å². The molecule has 4 heteroatoms. The zero-order valence-electron chi connectivity index (χ0n) is 11.8. The average molecular weight is 278 g/mol. The number of rotatable bonds is 2. The molecule has 110 valence electrons. The van der Waals surface area contributed by atoms with Crippen molar-refractivity contribution in [2.45, 2.75) is 44.8 Å². The molecular formula is C16H22O4. The Balaban J connectivity index is 1.90. The molecule has 1 saturated heterocycles. The smallest absolute Gasteiger partial charge is 0.161 e. The van der Waals surface area contributed by atoms with Crippen LogP contribution in [-0.2, 0) is 15.9 Å². The van der Waals surface area contributed by atoms with E-state index < -0.39 is 0 Å². The second-order valence-electron chi connectivity index (χ2n) is 5.73. The third-order valence-electron chi connectivity index (χ3n) is 4.55. The molecule has 0 radical (unpaired) electrons. The van der Waals surface area contributed by atoms with E-state index >= 15 is 0 Å². The van der Waals surface area contributed by atoms with Gasteiger partial charge in [0.2, 0.25) is 0 Å². The van der Waals surface area contributed by atoms with Crippen LogP contribution in [0.25, 0.3) is 0 Å². The van der Waals surface area contributed by atoms with Crippen molar-refractivity contribution in [3.8, 4) is 11.5 Å². The van der Waals surface area contributed by atoms with Crippen LogP contribution in [0.2, 0.25) is 0 Å². The average Bonchev–Trinajstić information content (AvgIpc) is 2.51. The Morgan fingerprint density at radius 1 is 1.20 bits per heavy atom. The maximum absolute atomic E-state index is 10.1. The summed E-state index contributed by atoms with van der Waals surface area (Å²) in [5, 5.41) is 19.9. The van der Waals surface area contributed by atoms with E-state index in [9.17, 15) is 10.2 Å². The largest absolute Gasteiger partial charge is 0.504 e. The number of hydrogen-bond acceptors (Lipinski definition) is 4. The number of aromatic hydroxyl groups is 2. The van der Waals surface area contributed by atoms with Gasteiger partial charge >= 0.3 is 0 Å². The van der Waals surface area contributed by atoms with Gasteiger partial charge in [-0.2, -0.15) is 0 Å². The van der Waals surface area contributed by atoms with Gasteiger partial charge in [-0.1, -0.05) is 13.0 Å². The van der Waals surface area contributed by atoms with Crippen molar-refractivity contribution in [3.05, 3.63) is 23.3 Å². The Morgan fingerprint density at radius 2 is 1.95 bits per heavy atom. The van der Waals surface area contributed by atoms with Crippen molar-refractivity contribution >= 4 is 0 Å². The van der Waals surface area contributed by atoms with Crippen molar-refractivity contribution in [3.63, 3.8) is 0 Å². The molecule has 4 nitrogen and oxygen atoms in total. The fourth-order valence-corrected chi connectivity index (χ4v) is 3.37. The van der Waals surface area contributed by atoms with Gasteiger partial charge in [-0.25, -0.2) is 0 Å². The van der Waals surface area contributed by atoms with Crippen LogP contribution in [0, 0.1) is 5.92 Å². The summed E-state index contributed by atoms with van der Waals surface area (Å²) in [6.45, 7) is 3.67. The van der Waals surface area contributed by atoms with Gasteiger partial charge in [0.05, 0.1) is 12.2 Å². The van der Waals surface area contributed by atoms with Gasteiger partial charge in [-0.15, -0.1) is 0 Å². The van der Waals surface area contributed by atoms with Gasteiger partial charge in [0.25, 0.3) is 0 Å². The van der Waals surface area contributed by atoms with Crippen molar-refractivity contribution in [1.29, 1.82) is 0 Å². The lowest BCUT2D eigenvalue weighted by Crippen LogP contribution is -2.35. The number of hydrogen-bond donors (Lipinski definition) is 2. The van der Waals surface area contributed by atoms with Crippen LogP contribution in [0.3, 0.4) is 0 Å². The van der Waals surface area contributed by atoms with Gasteiger partial charge < -0.3 is 19.7 Å². The van der Waals surface area contributed by atoms with E-state index in [2.05, 4.69) is 6.92 Å². The standard InChI is InChI=1S/C16H22O4/c1-2-14-11-3-4-13(17)16(18)12(11)9-15(20-14)10-5-7-19-8-6-10/h3-4,10,14-15,17-18H,2,5-9H2,1H3. The molecule has 2 heterocycles. The normalized spacial score (nSPS) is 27.2. The summed E-state index contributed by atoms with van der Waals surface area (Å²) in [6.07, 6.45) is 3.70. The van der Waals surface area contributed by atoms with E-state index in [1.807, 2.05) is 6.07 Å². The first-order valence-corrected chi connectivity index (χ1v) is 7.47. The molecule has 2 aliphatic heterocycles. The molecule has 1 fully saturated rings. The van der Waals surface area contributed by atoms with Crippen LogP contribution in [-0.4, -0.2) is 29.5 Å². The minimum atomic E-state index is -0.0359. The number of fused-ring (bicyclic) bond motifs is 1. The first-order chi connectivity index (χ1) is 9.70. The SMILES string of the molecule is CCC1OC(C2CCOCC2)Cc2c1ccc(O)c2O. The Kier molecular flexibility index (Phi) is 3.85. The van der Waals surface area contributed by atoms with Gasteiger partial charge in [-0.05, 0) is 36.8 Å². The molecule has 0 bridgehead atoms. The van der Waals surface area contributed by atoms with E-state index in [1.54, 1.807) is 6.07 Å². The third-order valence-corrected chi connectivity index (χ3v) is 4.55. The number of phenolic OH excluding ortho intramolecular Hbond substituents is 2. The quantitative estimate of drug-likeness (QED) is 0.817. The maximum atomic E-state index is 10.1. The number of phenols is 2. The van der Waals surface area contributed by atoms with Crippen LogP contribution >= 0.6 is 0 Å². The lowest BCUT2D eigenvalue weighted by Gasteiger charge is -2.38. The number of benzene rings is 1. The van der Waals surface area contributed by atoms with Gasteiger partial charge in [-0.3, -0.25) is 0 Å². The minimum Gasteiger partial charge on any atom is -0.504 e. The summed E-state index contributed by atoms with van der Waals surface area (Å²) in [7, 11) is 0. The fraction of sp³-hybridized carbons (Fsp3) is 0.625. The van der Waals surface area contributed by atoms with Crippen LogP contribution in [0.1, 0.15) is 43.4 Å². The van der Waals surface area contributed by atoms with Crippen LogP contribution in [0.4, 0.5) is 0 Å². The van der Waals surface area contributed by atoms with Gasteiger partial charge in [0, 0.05) is 25.2 Å². The first kappa shape index (κ1) is 13.7. The summed E-state index contributed by atoms with van der Waals surface area (Å²) in [6, 6.07) is 3.42. The highest BCUT2D eigenvalue weighted by molar-refractivity contribution is 5.50. The second kappa shape index (κ2) is 5.62. The van der Waals surface area contributed by atoms with Crippen LogP contribution in [0.15, 0.2) is 12.1 Å². The van der Waals surface area contributed by atoms with E-state index in [1.165, 1.54) is 0 Å². The Hall–Kier alpha value is -1.26. The predicted octanol–water partition coefficient (Wildman–Crippen LogP) is 2.92. The molecule has 3 rings (SSSR count). The van der Waals surface area contributed by atoms with Gasteiger partial charge in [0.15, 0.2) is 11.5 Å². The summed E-state index contributed by atoms with van der Waals surface area (Å²) < 4.78 is 11.7. The lowest BCUT2D eigenvalue weighted by atomic mass is 9.84. The van der Waals surface area contributed by atoms with Crippen molar-refractivity contribution in [1.82, 2.24) is 0 Å². The second-order valence-corrected chi connectivity index (χ2v) is 5.73. The molecular weight excluding hydrogens is 256 g/mol. The highest BCUT2D eigenvalue weighted by atomic mass is 16.5. The summed E-state index contributed by atoms with van der Waals surface area (Å²) in [5.41, 5.74) is 1.88. The summed E-state index contributed by atoms with van der Waals surface area (Å²) in [5.74, 6) is 0.472.